The third kappa shape index (κ3) is 4.55. The van der Waals surface area contributed by atoms with Gasteiger partial charge in [0.1, 0.15) is 11.6 Å². The van der Waals surface area contributed by atoms with E-state index in [1.807, 2.05) is 13.8 Å². The van der Waals surface area contributed by atoms with E-state index in [1.54, 1.807) is 11.0 Å². The van der Waals surface area contributed by atoms with Crippen LogP contribution in [-0.4, -0.2) is 85.6 Å². The van der Waals surface area contributed by atoms with Crippen molar-refractivity contribution in [1.82, 2.24) is 9.80 Å². The predicted molar refractivity (Wildman–Crippen MR) is 131 cm³/mol. The van der Waals surface area contributed by atoms with Crippen LogP contribution in [-0.2, 0) is 19.1 Å². The SMILES string of the molecule is C=CCN(C(=O)C1N(CCCCO)C(=O)[C@@H]2[C@@H](C(=O)O)[C@@H]3OC12CC3Br)C(C)(C)CC(C)(C)C. The summed E-state index contributed by atoms with van der Waals surface area (Å²) in [6.07, 6.45) is 3.15. The summed E-state index contributed by atoms with van der Waals surface area (Å²) < 4.78 is 6.34. The first-order valence-electron chi connectivity index (χ1n) is 12.1. The summed E-state index contributed by atoms with van der Waals surface area (Å²) in [5, 5.41) is 19.2. The van der Waals surface area contributed by atoms with E-state index in [9.17, 15) is 24.6 Å². The highest BCUT2D eigenvalue weighted by Crippen LogP contribution is 2.60. The van der Waals surface area contributed by atoms with E-state index in [-0.39, 0.29) is 35.2 Å². The molecule has 2 N–H and O–H groups in total. The minimum Gasteiger partial charge on any atom is -0.481 e. The lowest BCUT2D eigenvalue weighted by molar-refractivity contribution is -0.153. The van der Waals surface area contributed by atoms with Crippen LogP contribution >= 0.6 is 15.9 Å². The molecule has 1 spiro atoms. The van der Waals surface area contributed by atoms with Crippen molar-refractivity contribution in [2.75, 3.05) is 19.7 Å². The molecule has 192 valence electrons. The number of unbranched alkanes of at least 4 members (excludes halogenated alkanes) is 1. The number of carbonyl (C=O) groups is 3. The summed E-state index contributed by atoms with van der Waals surface area (Å²) >= 11 is 3.57. The van der Waals surface area contributed by atoms with Crippen LogP contribution in [0.25, 0.3) is 0 Å². The molecule has 3 fully saturated rings. The highest BCUT2D eigenvalue weighted by Gasteiger charge is 2.77. The van der Waals surface area contributed by atoms with Crippen molar-refractivity contribution in [1.29, 1.82) is 0 Å². The lowest BCUT2D eigenvalue weighted by Crippen LogP contribution is -2.61. The second-order valence-electron chi connectivity index (χ2n) is 11.8. The molecule has 9 heteroatoms. The molecular formula is C25H39BrN2O6. The number of aliphatic hydroxyl groups is 1. The lowest BCUT2D eigenvalue weighted by atomic mass is 9.70. The van der Waals surface area contributed by atoms with Gasteiger partial charge in [-0.1, -0.05) is 42.8 Å². The summed E-state index contributed by atoms with van der Waals surface area (Å²) in [5.74, 6) is -3.55. The van der Waals surface area contributed by atoms with Gasteiger partial charge in [0.2, 0.25) is 11.8 Å². The molecule has 0 radical (unpaired) electrons. The smallest absolute Gasteiger partial charge is 0.310 e. The molecule has 3 saturated heterocycles. The minimum atomic E-state index is -1.19. The molecule has 3 unspecified atom stereocenters. The predicted octanol–water partition coefficient (Wildman–Crippen LogP) is 2.82. The average Bonchev–Trinajstić information content (AvgIpc) is 3.28. The third-order valence-corrected chi connectivity index (χ3v) is 8.23. The van der Waals surface area contributed by atoms with Gasteiger partial charge in [-0.25, -0.2) is 0 Å². The van der Waals surface area contributed by atoms with Crippen LogP contribution in [0.1, 0.15) is 60.3 Å². The monoisotopic (exact) mass is 542 g/mol. The first kappa shape index (κ1) is 27.1. The zero-order chi connectivity index (χ0) is 25.6. The van der Waals surface area contributed by atoms with Crippen molar-refractivity contribution in [3.63, 3.8) is 0 Å². The molecule has 0 aromatic rings. The number of rotatable bonds is 10. The van der Waals surface area contributed by atoms with Crippen molar-refractivity contribution in [2.45, 2.75) is 88.4 Å². The zero-order valence-corrected chi connectivity index (χ0v) is 22.5. The van der Waals surface area contributed by atoms with Crippen LogP contribution in [0.15, 0.2) is 12.7 Å². The highest BCUT2D eigenvalue weighted by atomic mass is 79.9. The molecule has 2 amide bonds. The van der Waals surface area contributed by atoms with Crippen molar-refractivity contribution >= 4 is 33.7 Å². The summed E-state index contributed by atoms with van der Waals surface area (Å²) in [6.45, 7) is 14.8. The van der Waals surface area contributed by atoms with E-state index >= 15 is 0 Å². The van der Waals surface area contributed by atoms with Crippen LogP contribution < -0.4 is 0 Å². The maximum absolute atomic E-state index is 14.4. The number of hydrogen-bond donors (Lipinski definition) is 2. The topological polar surface area (TPSA) is 107 Å². The molecule has 3 aliphatic rings. The third-order valence-electron chi connectivity index (χ3n) is 7.39. The molecule has 8 nitrogen and oxygen atoms in total. The van der Waals surface area contributed by atoms with Crippen molar-refractivity contribution in [2.24, 2.45) is 17.3 Å². The Balaban J connectivity index is 2.07. The molecule has 3 rings (SSSR count). The summed E-state index contributed by atoms with van der Waals surface area (Å²) in [6, 6.07) is -0.919. The molecule has 2 bridgehead atoms. The van der Waals surface area contributed by atoms with Crippen molar-refractivity contribution in [3.05, 3.63) is 12.7 Å². The molecule has 0 aromatic heterocycles. The molecule has 6 atom stereocenters. The van der Waals surface area contributed by atoms with Gasteiger partial charge in [-0.2, -0.15) is 0 Å². The van der Waals surface area contributed by atoms with E-state index in [1.165, 1.54) is 4.90 Å². The van der Waals surface area contributed by atoms with Crippen LogP contribution in [0.4, 0.5) is 0 Å². The number of nitrogens with zero attached hydrogens (tertiary/aromatic N) is 2. The van der Waals surface area contributed by atoms with E-state index < -0.39 is 41.1 Å². The quantitative estimate of drug-likeness (QED) is 0.249. The minimum absolute atomic E-state index is 0.0176. The Morgan fingerprint density at radius 1 is 1.29 bits per heavy atom. The fraction of sp³-hybridized carbons (Fsp3) is 0.800. The molecule has 0 aliphatic carbocycles. The van der Waals surface area contributed by atoms with Crippen molar-refractivity contribution < 1.29 is 29.3 Å². The second-order valence-corrected chi connectivity index (χ2v) is 12.9. The number of alkyl halides is 1. The van der Waals surface area contributed by atoms with E-state index in [0.717, 1.165) is 6.42 Å². The Morgan fingerprint density at radius 3 is 2.47 bits per heavy atom. The summed E-state index contributed by atoms with van der Waals surface area (Å²) in [5.41, 5.74) is -1.77. The molecule has 0 aromatic carbocycles. The average molecular weight is 543 g/mol. The number of aliphatic hydroxyl groups excluding tert-OH is 1. The Labute approximate surface area is 210 Å². The Morgan fingerprint density at radius 2 is 1.94 bits per heavy atom. The maximum atomic E-state index is 14.4. The van der Waals surface area contributed by atoms with Gasteiger partial charge in [-0.05, 0) is 44.9 Å². The van der Waals surface area contributed by atoms with E-state index in [2.05, 4.69) is 43.3 Å². The number of hydrogen-bond acceptors (Lipinski definition) is 5. The Bertz CT molecular complexity index is 840. The van der Waals surface area contributed by atoms with Gasteiger partial charge in [-0.15, -0.1) is 6.58 Å². The van der Waals surface area contributed by atoms with Gasteiger partial charge in [0.05, 0.1) is 17.9 Å². The largest absolute Gasteiger partial charge is 0.481 e. The zero-order valence-electron chi connectivity index (χ0n) is 20.9. The number of aliphatic carboxylic acids is 1. The van der Waals surface area contributed by atoms with Crippen molar-refractivity contribution in [3.8, 4) is 0 Å². The number of likely N-dealkylation sites (tertiary alicyclic amines) is 1. The Hall–Kier alpha value is -1.45. The molecule has 34 heavy (non-hydrogen) atoms. The van der Waals surface area contributed by atoms with E-state index in [4.69, 9.17) is 4.74 Å². The fourth-order valence-corrected chi connectivity index (χ4v) is 7.57. The first-order valence-corrected chi connectivity index (χ1v) is 13.0. The standard InChI is InChI=1S/C25H39BrN2O6/c1-7-10-28(24(5,6)14-23(2,3)4)21(31)19-25-13-15(26)18(34-25)16(22(32)33)17(25)20(30)27(19)11-8-9-12-29/h7,15-19,29H,1,8-14H2,2-6H3,(H,32,33)/t15?,16-,17+,18-,19?,25?/m1/s1. The number of ether oxygens (including phenoxy) is 1. The van der Waals surface area contributed by atoms with Gasteiger partial charge in [0.15, 0.2) is 0 Å². The number of carbonyl (C=O) groups excluding carboxylic acids is 2. The Kier molecular flexibility index (Phi) is 7.62. The van der Waals surface area contributed by atoms with Gasteiger partial charge in [0, 0.05) is 30.1 Å². The number of carboxylic acid groups (broad SMARTS) is 1. The van der Waals surface area contributed by atoms with Crippen LogP contribution in [0.3, 0.4) is 0 Å². The normalized spacial score (nSPS) is 32.7. The van der Waals surface area contributed by atoms with Gasteiger partial charge < -0.3 is 24.7 Å². The number of carboxylic acids is 1. The molecular weight excluding hydrogens is 504 g/mol. The van der Waals surface area contributed by atoms with Gasteiger partial charge in [0.25, 0.3) is 0 Å². The molecule has 3 aliphatic heterocycles. The van der Waals surface area contributed by atoms with E-state index in [0.29, 0.717) is 25.8 Å². The fourth-order valence-electron chi connectivity index (χ4n) is 6.63. The first-order chi connectivity index (χ1) is 15.7. The van der Waals surface area contributed by atoms with Crippen LogP contribution in [0, 0.1) is 17.3 Å². The van der Waals surface area contributed by atoms with Crippen LogP contribution in [0.5, 0.6) is 0 Å². The molecule has 0 saturated carbocycles. The molecule has 3 heterocycles. The van der Waals surface area contributed by atoms with Gasteiger partial charge in [-0.3, -0.25) is 14.4 Å². The lowest BCUT2D eigenvalue weighted by Gasteiger charge is -2.45. The highest BCUT2D eigenvalue weighted by molar-refractivity contribution is 9.09. The number of halogens is 1. The number of fused-ring (bicyclic) bond motifs is 1. The van der Waals surface area contributed by atoms with Gasteiger partial charge >= 0.3 is 5.97 Å². The number of amides is 2. The second kappa shape index (κ2) is 9.54. The maximum Gasteiger partial charge on any atom is 0.310 e. The van der Waals surface area contributed by atoms with Crippen LogP contribution in [0.2, 0.25) is 0 Å². The summed E-state index contributed by atoms with van der Waals surface area (Å²) in [7, 11) is 0. The summed E-state index contributed by atoms with van der Waals surface area (Å²) in [4.78, 5) is 43.3.